The molecular weight excluding hydrogens is 555 g/mol. The SMILES string of the molecule is C1=CC2c3cccc(-n4c5ccccc5c5ccccc54)c3N(c3ccc(-n4c5ccccc5c5ccccc54)s3)C2C=C1. The molecule has 4 heterocycles. The van der Waals surface area contributed by atoms with E-state index in [1.807, 2.05) is 11.3 Å². The summed E-state index contributed by atoms with van der Waals surface area (Å²) in [5.41, 5.74) is 8.85. The molecule has 0 spiro atoms. The monoisotopic (exact) mass is 581 g/mol. The van der Waals surface area contributed by atoms with E-state index in [1.54, 1.807) is 0 Å². The molecule has 0 amide bonds. The van der Waals surface area contributed by atoms with Gasteiger partial charge in [0.25, 0.3) is 0 Å². The summed E-state index contributed by atoms with van der Waals surface area (Å²) in [6, 6.07) is 46.8. The normalized spacial score (nSPS) is 17.3. The fourth-order valence-electron chi connectivity index (χ4n) is 7.71. The molecule has 0 N–H and O–H groups in total. The van der Waals surface area contributed by atoms with Crippen LogP contribution in [0.2, 0.25) is 0 Å². The van der Waals surface area contributed by atoms with Gasteiger partial charge in [-0.1, -0.05) is 121 Å². The lowest BCUT2D eigenvalue weighted by Gasteiger charge is -2.28. The van der Waals surface area contributed by atoms with Gasteiger partial charge in [-0.3, -0.25) is 0 Å². The van der Waals surface area contributed by atoms with Gasteiger partial charge in [-0.05, 0) is 48.0 Å². The zero-order chi connectivity index (χ0) is 28.8. The standard InChI is InChI=1S/C40H27N3S/c1-6-18-32-26(12-1)27-13-2-7-19-33(27)41(32)37-23-11-17-31-30-16-5-10-22-36(30)43(40(31)37)39-25-24-38(44-39)42-34-20-8-3-14-28(34)29-15-4-9-21-35(29)42/h1-25,30,36H. The summed E-state index contributed by atoms with van der Waals surface area (Å²) in [6.45, 7) is 0. The van der Waals surface area contributed by atoms with Gasteiger partial charge < -0.3 is 14.0 Å². The van der Waals surface area contributed by atoms with Gasteiger partial charge in [0, 0.05) is 27.5 Å². The molecular formula is C40H27N3S. The maximum atomic E-state index is 2.60. The minimum absolute atomic E-state index is 0.217. The number of anilines is 2. The number of rotatable bonds is 3. The highest BCUT2D eigenvalue weighted by atomic mass is 32.1. The Morgan fingerprint density at radius 2 is 0.977 bits per heavy atom. The van der Waals surface area contributed by atoms with Crippen LogP contribution in [0.1, 0.15) is 11.5 Å². The second-order valence-electron chi connectivity index (χ2n) is 11.7. The molecule has 2 aliphatic rings. The van der Waals surface area contributed by atoms with E-state index >= 15 is 0 Å². The summed E-state index contributed by atoms with van der Waals surface area (Å²) in [5.74, 6) is 0.293. The molecule has 4 heteroatoms. The summed E-state index contributed by atoms with van der Waals surface area (Å²) >= 11 is 1.87. The number of nitrogens with zero attached hydrogens (tertiary/aromatic N) is 3. The summed E-state index contributed by atoms with van der Waals surface area (Å²) in [6.07, 6.45) is 9.17. The molecule has 44 heavy (non-hydrogen) atoms. The van der Waals surface area contributed by atoms with Gasteiger partial charge >= 0.3 is 0 Å². The van der Waals surface area contributed by atoms with E-state index in [2.05, 4.69) is 166 Å². The molecule has 1 aliphatic heterocycles. The second kappa shape index (κ2) is 9.09. The number of fused-ring (bicyclic) bond motifs is 9. The highest BCUT2D eigenvalue weighted by molar-refractivity contribution is 7.18. The maximum absolute atomic E-state index is 2.60. The third kappa shape index (κ3) is 3.21. The van der Waals surface area contributed by atoms with E-state index in [1.165, 1.54) is 70.6 Å². The Morgan fingerprint density at radius 1 is 0.455 bits per heavy atom. The number of para-hydroxylation sites is 5. The average molecular weight is 582 g/mol. The second-order valence-corrected chi connectivity index (χ2v) is 12.8. The van der Waals surface area contributed by atoms with Crippen LogP contribution in [-0.2, 0) is 0 Å². The molecule has 2 atom stereocenters. The summed E-state index contributed by atoms with van der Waals surface area (Å²) in [5, 5.41) is 7.63. The molecule has 0 saturated carbocycles. The predicted molar refractivity (Wildman–Crippen MR) is 186 cm³/mol. The van der Waals surface area contributed by atoms with Crippen molar-refractivity contribution in [2.45, 2.75) is 12.0 Å². The zero-order valence-electron chi connectivity index (χ0n) is 23.8. The topological polar surface area (TPSA) is 13.1 Å². The van der Waals surface area contributed by atoms with Crippen LogP contribution in [-0.4, -0.2) is 15.2 Å². The minimum atomic E-state index is 0.217. The highest BCUT2D eigenvalue weighted by Crippen LogP contribution is 2.53. The van der Waals surface area contributed by atoms with E-state index < -0.39 is 0 Å². The fourth-order valence-corrected chi connectivity index (χ4v) is 8.79. The largest absolute Gasteiger partial charge is 0.323 e. The van der Waals surface area contributed by atoms with Crippen molar-refractivity contribution in [1.82, 2.24) is 9.13 Å². The smallest absolute Gasteiger partial charge is 0.102 e. The third-order valence-electron chi connectivity index (χ3n) is 9.49. The van der Waals surface area contributed by atoms with E-state index in [4.69, 9.17) is 0 Å². The third-order valence-corrected chi connectivity index (χ3v) is 10.6. The lowest BCUT2D eigenvalue weighted by atomic mass is 9.91. The first-order chi connectivity index (χ1) is 21.9. The van der Waals surface area contributed by atoms with Crippen molar-refractivity contribution in [1.29, 1.82) is 0 Å². The van der Waals surface area contributed by atoms with Crippen LogP contribution in [0.4, 0.5) is 10.7 Å². The van der Waals surface area contributed by atoms with Gasteiger partial charge in [-0.15, -0.1) is 0 Å². The van der Waals surface area contributed by atoms with Crippen LogP contribution in [0, 0.1) is 0 Å². The highest BCUT2D eigenvalue weighted by Gasteiger charge is 2.40. The van der Waals surface area contributed by atoms with Crippen molar-refractivity contribution in [3.8, 4) is 10.7 Å². The molecule has 3 nitrogen and oxygen atoms in total. The fraction of sp³-hybridized carbons (Fsp3) is 0.0500. The van der Waals surface area contributed by atoms with Crippen molar-refractivity contribution in [3.05, 3.63) is 157 Å². The lowest BCUT2D eigenvalue weighted by Crippen LogP contribution is -2.28. The van der Waals surface area contributed by atoms with Gasteiger partial charge in [0.2, 0.25) is 0 Å². The van der Waals surface area contributed by atoms with E-state index in [0.717, 1.165) is 0 Å². The average Bonchev–Trinajstić information content (AvgIpc) is 3.84. The van der Waals surface area contributed by atoms with Crippen LogP contribution >= 0.6 is 11.3 Å². The predicted octanol–water partition coefficient (Wildman–Crippen LogP) is 10.7. The van der Waals surface area contributed by atoms with Crippen LogP contribution < -0.4 is 4.90 Å². The van der Waals surface area contributed by atoms with Crippen LogP contribution in [0.25, 0.3) is 54.3 Å². The van der Waals surface area contributed by atoms with E-state index in [9.17, 15) is 0 Å². The van der Waals surface area contributed by atoms with Gasteiger partial charge in [0.1, 0.15) is 5.00 Å². The quantitative estimate of drug-likeness (QED) is 0.202. The Labute approximate surface area is 258 Å². The van der Waals surface area contributed by atoms with E-state index in [-0.39, 0.29) is 6.04 Å². The Kier molecular flexibility index (Phi) is 4.99. The summed E-state index contributed by atoms with van der Waals surface area (Å²) in [4.78, 5) is 2.60. The minimum Gasteiger partial charge on any atom is -0.323 e. The molecule has 208 valence electrons. The Bertz CT molecular complexity index is 2380. The van der Waals surface area contributed by atoms with E-state index in [0.29, 0.717) is 5.92 Å². The number of allylic oxidation sites excluding steroid dienone is 2. The van der Waals surface area contributed by atoms with Gasteiger partial charge in [-0.25, -0.2) is 0 Å². The van der Waals surface area contributed by atoms with Crippen molar-refractivity contribution in [2.75, 3.05) is 4.90 Å². The van der Waals surface area contributed by atoms with Gasteiger partial charge in [-0.2, -0.15) is 0 Å². The maximum Gasteiger partial charge on any atom is 0.102 e. The van der Waals surface area contributed by atoms with Crippen LogP contribution in [0.15, 0.2) is 152 Å². The number of benzene rings is 5. The first-order valence-corrected chi connectivity index (χ1v) is 16.0. The first kappa shape index (κ1) is 24.2. The van der Waals surface area contributed by atoms with Crippen LogP contribution in [0.5, 0.6) is 0 Å². The first-order valence-electron chi connectivity index (χ1n) is 15.2. The molecule has 0 bridgehead atoms. The molecule has 8 aromatic rings. The van der Waals surface area contributed by atoms with Crippen molar-refractivity contribution >= 4 is 65.6 Å². The zero-order valence-corrected chi connectivity index (χ0v) is 24.7. The summed E-state index contributed by atoms with van der Waals surface area (Å²) < 4.78 is 4.91. The molecule has 2 unspecified atom stereocenters. The Balaban J connectivity index is 1.22. The molecule has 5 aromatic carbocycles. The Hall–Kier alpha value is -5.32. The molecule has 0 radical (unpaired) electrons. The number of thiophene rings is 1. The van der Waals surface area contributed by atoms with Crippen molar-refractivity contribution < 1.29 is 0 Å². The number of hydrogen-bond acceptors (Lipinski definition) is 2. The molecule has 1 aliphatic carbocycles. The molecule has 0 saturated heterocycles. The van der Waals surface area contributed by atoms with Crippen molar-refractivity contribution in [3.63, 3.8) is 0 Å². The Morgan fingerprint density at radius 3 is 1.59 bits per heavy atom. The van der Waals surface area contributed by atoms with Crippen molar-refractivity contribution in [2.24, 2.45) is 0 Å². The van der Waals surface area contributed by atoms with Gasteiger partial charge in [0.05, 0.1) is 44.5 Å². The lowest BCUT2D eigenvalue weighted by molar-refractivity contribution is 0.748. The summed E-state index contributed by atoms with van der Waals surface area (Å²) in [7, 11) is 0. The van der Waals surface area contributed by atoms with Crippen LogP contribution in [0.3, 0.4) is 0 Å². The molecule has 0 fully saturated rings. The molecule has 10 rings (SSSR count). The number of aromatic nitrogens is 2. The van der Waals surface area contributed by atoms with Gasteiger partial charge in [0.15, 0.2) is 0 Å². The number of hydrogen-bond donors (Lipinski definition) is 0. The molecule has 3 aromatic heterocycles.